The van der Waals surface area contributed by atoms with Crippen molar-refractivity contribution in [3.05, 3.63) is 79.5 Å². The van der Waals surface area contributed by atoms with E-state index in [0.29, 0.717) is 16.6 Å². The number of allylic oxidation sites excluding steroid dienone is 3. The Balaban J connectivity index is 1.60. The number of methoxy groups -OCH3 is 1. The molecule has 3 aromatic rings. The summed E-state index contributed by atoms with van der Waals surface area (Å²) in [5, 5.41) is 33.6. The molecule has 4 N–H and O–H groups in total. The van der Waals surface area contributed by atoms with Gasteiger partial charge in [0.05, 0.1) is 34.7 Å². The molecule has 1 atom stereocenters. The van der Waals surface area contributed by atoms with Crippen molar-refractivity contribution < 1.29 is 44.0 Å². The lowest BCUT2D eigenvalue weighted by molar-refractivity contribution is -0.112. The quantitative estimate of drug-likeness (QED) is 0.218. The van der Waals surface area contributed by atoms with E-state index < -0.39 is 79.4 Å². The monoisotopic (exact) mass is 541 g/mol. The molecule has 1 aromatic heterocycles. The Morgan fingerprint density at radius 1 is 0.950 bits per heavy atom. The minimum atomic E-state index is -2.11. The number of nitrogens with one attached hydrogen (secondary N) is 1. The summed E-state index contributed by atoms with van der Waals surface area (Å²) >= 11 is 0. The number of ether oxygens (including phenoxy) is 1. The lowest BCUT2D eigenvalue weighted by atomic mass is 9.76. The Labute approximate surface area is 224 Å². The zero-order chi connectivity index (χ0) is 28.8. The molecule has 0 radical (unpaired) electrons. The van der Waals surface area contributed by atoms with Gasteiger partial charge in [-0.1, -0.05) is 6.07 Å². The van der Waals surface area contributed by atoms with Gasteiger partial charge in [0.2, 0.25) is 5.78 Å². The van der Waals surface area contributed by atoms with Crippen molar-refractivity contribution in [2.45, 2.75) is 25.2 Å². The largest absolute Gasteiger partial charge is 0.507 e. The average molecular weight is 541 g/mol. The standard InChI is InChI=1S/C29H19NO10/c1-10(31)3-4-13-8-12-7-11-5-6-29(21(11)25(36)16(12)28(39)30-13)26(37)19-20(27(29)38)24(35)18-17(23(19)34)14(32)9-15(40-2)22(18)33/h3-4,7-9,34-36H,5-6H2,1-2H3,(H,30,39)/b4-3+. The molecule has 11 heteroatoms. The van der Waals surface area contributed by atoms with Gasteiger partial charge in [0.25, 0.3) is 5.56 Å². The second kappa shape index (κ2) is 8.09. The van der Waals surface area contributed by atoms with E-state index in [1.54, 1.807) is 6.07 Å². The number of hydrogen-bond acceptors (Lipinski definition) is 10. The maximum absolute atomic E-state index is 14.0. The van der Waals surface area contributed by atoms with Crippen molar-refractivity contribution in [1.82, 2.24) is 4.98 Å². The average Bonchev–Trinajstić information content (AvgIpc) is 3.39. The van der Waals surface area contributed by atoms with Gasteiger partial charge in [-0.05, 0) is 48.9 Å². The maximum atomic E-state index is 14.0. The van der Waals surface area contributed by atoms with Crippen LogP contribution in [0.15, 0.2) is 34.8 Å². The molecular formula is C29H19NO10. The summed E-state index contributed by atoms with van der Waals surface area (Å²) in [6.45, 7) is 1.34. The number of ketones is 5. The summed E-state index contributed by atoms with van der Waals surface area (Å²) in [5.74, 6) is -7.01. The smallest absolute Gasteiger partial charge is 0.260 e. The molecule has 3 aliphatic rings. The summed E-state index contributed by atoms with van der Waals surface area (Å²) < 4.78 is 4.90. The summed E-state index contributed by atoms with van der Waals surface area (Å²) in [7, 11) is 1.13. The Morgan fingerprint density at radius 3 is 2.23 bits per heavy atom. The fourth-order valence-electron chi connectivity index (χ4n) is 6.06. The molecule has 11 nitrogen and oxygen atoms in total. The van der Waals surface area contributed by atoms with Gasteiger partial charge in [-0.15, -0.1) is 0 Å². The van der Waals surface area contributed by atoms with Crippen LogP contribution in [0.4, 0.5) is 0 Å². The number of phenolic OH excluding ortho intramolecular Hbond substituents is 3. The SMILES string of the molecule is COC1=CC(=O)c2c(O)c3c(c(O)c2C1=O)C(=O)C1(CCc2cc4cc(/C=C/C(C)=O)[nH]c(=O)c4c(O)c21)C3=O. The fraction of sp³-hybridized carbons (Fsp3) is 0.172. The third-order valence-electron chi connectivity index (χ3n) is 7.76. The van der Waals surface area contributed by atoms with Gasteiger partial charge in [0, 0.05) is 17.3 Å². The number of aromatic hydroxyl groups is 3. The number of aryl methyl sites for hydroxylation is 1. The highest BCUT2D eigenvalue weighted by atomic mass is 16.5. The summed E-state index contributed by atoms with van der Waals surface area (Å²) in [6, 6.07) is 3.08. The summed E-state index contributed by atoms with van der Waals surface area (Å²) in [5.41, 5.74) is -4.91. The highest BCUT2D eigenvalue weighted by Crippen LogP contribution is 2.57. The van der Waals surface area contributed by atoms with Gasteiger partial charge in [0.1, 0.15) is 22.7 Å². The van der Waals surface area contributed by atoms with E-state index >= 15 is 0 Å². The Hall–Kier alpha value is -5.32. The van der Waals surface area contributed by atoms with Crippen LogP contribution >= 0.6 is 0 Å². The van der Waals surface area contributed by atoms with Gasteiger partial charge < -0.3 is 25.0 Å². The normalized spacial score (nSPS) is 19.4. The lowest BCUT2D eigenvalue weighted by Gasteiger charge is -2.22. The number of phenols is 3. The first-order chi connectivity index (χ1) is 18.9. The van der Waals surface area contributed by atoms with E-state index in [0.717, 1.165) is 13.2 Å². The summed E-state index contributed by atoms with van der Waals surface area (Å²) in [6.07, 6.45) is 3.41. The Kier molecular flexibility index (Phi) is 5.05. The minimum absolute atomic E-state index is 0.115. The first-order valence-corrected chi connectivity index (χ1v) is 12.1. The second-order valence-corrected chi connectivity index (χ2v) is 9.89. The lowest BCUT2D eigenvalue weighted by Crippen LogP contribution is -2.36. The number of aromatic amines is 1. The zero-order valence-corrected chi connectivity index (χ0v) is 21.0. The first-order valence-electron chi connectivity index (χ1n) is 12.1. The number of rotatable bonds is 3. The van der Waals surface area contributed by atoms with Crippen LogP contribution in [0, 0.1) is 0 Å². The van der Waals surface area contributed by atoms with Gasteiger partial charge in [0.15, 0.2) is 28.9 Å². The molecule has 2 aromatic carbocycles. The first kappa shape index (κ1) is 25.0. The molecule has 0 amide bonds. The van der Waals surface area contributed by atoms with Gasteiger partial charge in [-0.2, -0.15) is 0 Å². The van der Waals surface area contributed by atoms with E-state index in [2.05, 4.69) is 4.98 Å². The molecule has 1 unspecified atom stereocenters. The van der Waals surface area contributed by atoms with Crippen molar-refractivity contribution >= 4 is 45.8 Å². The number of Topliss-reactive ketones (excluding diaryl/α,β-unsaturated/α-hetero) is 3. The van der Waals surface area contributed by atoms with E-state index in [4.69, 9.17) is 4.74 Å². The van der Waals surface area contributed by atoms with E-state index in [-0.39, 0.29) is 29.6 Å². The van der Waals surface area contributed by atoms with Crippen LogP contribution < -0.4 is 5.56 Å². The van der Waals surface area contributed by atoms with Crippen LogP contribution in [0.2, 0.25) is 0 Å². The number of pyridine rings is 1. The number of carbonyl (C=O) groups excluding carboxylic acids is 5. The highest BCUT2D eigenvalue weighted by molar-refractivity contribution is 6.38. The maximum Gasteiger partial charge on any atom is 0.260 e. The topological polar surface area (TPSA) is 188 Å². The van der Waals surface area contributed by atoms with E-state index in [1.165, 1.54) is 25.1 Å². The second-order valence-electron chi connectivity index (χ2n) is 9.89. The van der Waals surface area contributed by atoms with Crippen LogP contribution in [-0.4, -0.2) is 56.3 Å². The summed E-state index contributed by atoms with van der Waals surface area (Å²) in [4.78, 5) is 80.4. The number of hydrogen-bond donors (Lipinski definition) is 4. The molecule has 0 bridgehead atoms. The van der Waals surface area contributed by atoms with Crippen LogP contribution in [0.5, 0.6) is 17.2 Å². The van der Waals surface area contributed by atoms with Crippen LogP contribution in [0.3, 0.4) is 0 Å². The molecule has 0 saturated heterocycles. The predicted molar refractivity (Wildman–Crippen MR) is 138 cm³/mol. The van der Waals surface area contributed by atoms with Crippen LogP contribution in [0.25, 0.3) is 16.8 Å². The molecule has 40 heavy (non-hydrogen) atoms. The highest BCUT2D eigenvalue weighted by Gasteiger charge is 2.61. The molecule has 1 heterocycles. The van der Waals surface area contributed by atoms with E-state index in [1.807, 2.05) is 0 Å². The minimum Gasteiger partial charge on any atom is -0.507 e. The molecule has 1 spiro atoms. The van der Waals surface area contributed by atoms with Gasteiger partial charge >= 0.3 is 0 Å². The Morgan fingerprint density at radius 2 is 1.60 bits per heavy atom. The third kappa shape index (κ3) is 2.94. The van der Waals surface area contributed by atoms with Crippen molar-refractivity contribution in [2.24, 2.45) is 0 Å². The molecule has 0 saturated carbocycles. The molecule has 6 rings (SSSR count). The van der Waals surface area contributed by atoms with E-state index in [9.17, 15) is 44.1 Å². The van der Waals surface area contributed by atoms with Crippen LogP contribution in [0.1, 0.15) is 71.6 Å². The van der Waals surface area contributed by atoms with Crippen molar-refractivity contribution in [1.29, 1.82) is 0 Å². The zero-order valence-electron chi connectivity index (χ0n) is 21.0. The number of fused-ring (bicyclic) bond motifs is 5. The molecule has 200 valence electrons. The molecule has 0 fully saturated rings. The molecule has 3 aliphatic carbocycles. The molecular weight excluding hydrogens is 522 g/mol. The van der Waals surface area contributed by atoms with Crippen molar-refractivity contribution in [3.63, 3.8) is 0 Å². The fourth-order valence-corrected chi connectivity index (χ4v) is 6.06. The number of carbonyl (C=O) groups is 5. The van der Waals surface area contributed by atoms with Crippen LogP contribution in [-0.2, 0) is 21.4 Å². The number of H-pyrrole nitrogens is 1. The third-order valence-corrected chi connectivity index (χ3v) is 7.76. The predicted octanol–water partition coefficient (Wildman–Crippen LogP) is 2.42. The molecule has 0 aliphatic heterocycles. The Bertz CT molecular complexity index is 1940. The van der Waals surface area contributed by atoms with Crippen molar-refractivity contribution in [3.8, 4) is 17.2 Å². The number of benzene rings is 2. The van der Waals surface area contributed by atoms with Crippen molar-refractivity contribution in [2.75, 3.05) is 7.11 Å². The number of aromatic nitrogens is 1. The van der Waals surface area contributed by atoms with Gasteiger partial charge in [-0.3, -0.25) is 28.8 Å². The van der Waals surface area contributed by atoms with Gasteiger partial charge in [-0.25, -0.2) is 0 Å².